The maximum Gasteiger partial charge on any atom is 0.308 e. The second-order valence-corrected chi connectivity index (χ2v) is 6.81. The van der Waals surface area contributed by atoms with E-state index in [9.17, 15) is 14.4 Å². The molecule has 0 bridgehead atoms. The molecule has 1 aliphatic rings. The van der Waals surface area contributed by atoms with E-state index in [4.69, 9.17) is 9.47 Å². The van der Waals surface area contributed by atoms with Gasteiger partial charge in [-0.15, -0.1) is 11.8 Å². The number of para-hydroxylation sites is 3. The van der Waals surface area contributed by atoms with Gasteiger partial charge in [0.25, 0.3) is 11.8 Å². The lowest BCUT2D eigenvalue weighted by atomic mass is 10.2. The minimum absolute atomic E-state index is 0.0191. The summed E-state index contributed by atoms with van der Waals surface area (Å²) >= 11 is 1.51. The number of benzene rings is 2. The zero-order chi connectivity index (χ0) is 19.9. The minimum Gasteiger partial charge on any atom is -0.482 e. The van der Waals surface area contributed by atoms with Gasteiger partial charge in [-0.3, -0.25) is 14.4 Å². The first-order valence-electron chi connectivity index (χ1n) is 8.69. The summed E-state index contributed by atoms with van der Waals surface area (Å²) in [5.74, 6) is -0.590. The van der Waals surface area contributed by atoms with Gasteiger partial charge in [-0.1, -0.05) is 24.3 Å². The van der Waals surface area contributed by atoms with Crippen LogP contribution in [0.4, 0.5) is 11.4 Å². The van der Waals surface area contributed by atoms with Crippen molar-refractivity contribution in [1.82, 2.24) is 0 Å². The van der Waals surface area contributed by atoms with Crippen LogP contribution in [0.3, 0.4) is 0 Å². The fourth-order valence-electron chi connectivity index (χ4n) is 2.75. The molecule has 3 rings (SSSR count). The Morgan fingerprint density at radius 1 is 1.18 bits per heavy atom. The van der Waals surface area contributed by atoms with Crippen LogP contribution in [-0.2, 0) is 19.1 Å². The number of amides is 2. The molecular weight excluding hydrogens is 380 g/mol. The lowest BCUT2D eigenvalue weighted by Crippen LogP contribution is -2.40. The number of fused-ring (bicyclic) bond motifs is 1. The van der Waals surface area contributed by atoms with Crippen molar-refractivity contribution in [2.24, 2.45) is 0 Å². The number of hydrogen-bond acceptors (Lipinski definition) is 6. The monoisotopic (exact) mass is 400 g/mol. The molecule has 7 nitrogen and oxygen atoms in total. The van der Waals surface area contributed by atoms with Crippen molar-refractivity contribution in [3.05, 3.63) is 48.5 Å². The standard InChI is InChI=1S/C20H20N2O5S/c1-28-17-9-5-2-6-14(17)21-18(23)12-27-20(25)10-11-22-15-7-3-4-8-16(15)26-13-19(22)24/h2-9H,10-13H2,1H3,(H,21,23). The molecule has 8 heteroatoms. The predicted molar refractivity (Wildman–Crippen MR) is 107 cm³/mol. The number of anilines is 2. The van der Waals surface area contributed by atoms with Crippen molar-refractivity contribution < 1.29 is 23.9 Å². The smallest absolute Gasteiger partial charge is 0.308 e. The van der Waals surface area contributed by atoms with Crippen LogP contribution in [0.5, 0.6) is 5.75 Å². The van der Waals surface area contributed by atoms with E-state index in [0.29, 0.717) is 17.1 Å². The molecule has 0 radical (unpaired) electrons. The molecule has 1 heterocycles. The predicted octanol–water partition coefficient (Wildman–Crippen LogP) is 2.71. The maximum absolute atomic E-state index is 12.1. The summed E-state index contributed by atoms with van der Waals surface area (Å²) in [5.41, 5.74) is 1.30. The molecule has 0 atom stereocenters. The number of nitrogens with zero attached hydrogens (tertiary/aromatic N) is 1. The summed E-state index contributed by atoms with van der Waals surface area (Å²) < 4.78 is 10.4. The first kappa shape index (κ1) is 19.8. The van der Waals surface area contributed by atoms with Gasteiger partial charge in [0.2, 0.25) is 0 Å². The SMILES string of the molecule is CSc1ccccc1NC(=O)COC(=O)CCN1C(=O)COc2ccccc21. The van der Waals surface area contributed by atoms with Crippen LogP contribution in [0.15, 0.2) is 53.4 Å². The second kappa shape index (κ2) is 9.27. The van der Waals surface area contributed by atoms with Crippen LogP contribution < -0.4 is 15.0 Å². The zero-order valence-electron chi connectivity index (χ0n) is 15.3. The zero-order valence-corrected chi connectivity index (χ0v) is 16.2. The van der Waals surface area contributed by atoms with Gasteiger partial charge in [-0.05, 0) is 30.5 Å². The van der Waals surface area contributed by atoms with E-state index in [-0.39, 0.29) is 32.1 Å². The third kappa shape index (κ3) is 4.83. The molecule has 0 unspecified atom stereocenters. The van der Waals surface area contributed by atoms with E-state index < -0.39 is 11.9 Å². The molecule has 0 saturated carbocycles. The molecule has 0 aliphatic carbocycles. The van der Waals surface area contributed by atoms with Gasteiger partial charge in [0, 0.05) is 11.4 Å². The molecule has 0 fully saturated rings. The summed E-state index contributed by atoms with van der Waals surface area (Å²) in [6.45, 7) is -0.284. The van der Waals surface area contributed by atoms with E-state index in [1.165, 1.54) is 16.7 Å². The van der Waals surface area contributed by atoms with E-state index in [1.54, 1.807) is 24.3 Å². The van der Waals surface area contributed by atoms with Gasteiger partial charge in [-0.2, -0.15) is 0 Å². The summed E-state index contributed by atoms with van der Waals surface area (Å²) in [5, 5.41) is 2.72. The Labute approximate surface area is 167 Å². The van der Waals surface area contributed by atoms with Crippen molar-refractivity contribution in [3.63, 3.8) is 0 Å². The molecule has 1 aliphatic heterocycles. The van der Waals surface area contributed by atoms with Gasteiger partial charge in [0.1, 0.15) is 5.75 Å². The van der Waals surface area contributed by atoms with Gasteiger partial charge in [0.15, 0.2) is 13.2 Å². The third-order valence-corrected chi connectivity index (χ3v) is 4.89. The van der Waals surface area contributed by atoms with Crippen molar-refractivity contribution in [2.45, 2.75) is 11.3 Å². The third-order valence-electron chi connectivity index (χ3n) is 4.09. The number of rotatable bonds is 7. The number of hydrogen-bond donors (Lipinski definition) is 1. The molecule has 2 aromatic rings. The fraction of sp³-hybridized carbons (Fsp3) is 0.250. The highest BCUT2D eigenvalue weighted by Gasteiger charge is 2.25. The molecule has 0 spiro atoms. The van der Waals surface area contributed by atoms with Crippen LogP contribution in [0, 0.1) is 0 Å². The summed E-state index contributed by atoms with van der Waals surface area (Å²) in [7, 11) is 0. The second-order valence-electron chi connectivity index (χ2n) is 5.96. The van der Waals surface area contributed by atoms with Crippen molar-refractivity contribution >= 4 is 40.9 Å². The number of carbonyl (C=O) groups excluding carboxylic acids is 3. The molecule has 146 valence electrons. The Morgan fingerprint density at radius 3 is 2.75 bits per heavy atom. The number of ether oxygens (including phenoxy) is 2. The summed E-state index contributed by atoms with van der Waals surface area (Å²) in [6.07, 6.45) is 1.89. The molecular formula is C20H20N2O5S. The molecule has 2 aromatic carbocycles. The molecule has 0 aromatic heterocycles. The Hall–Kier alpha value is -3.00. The average Bonchev–Trinajstić information content (AvgIpc) is 2.72. The molecule has 28 heavy (non-hydrogen) atoms. The van der Waals surface area contributed by atoms with Crippen LogP contribution >= 0.6 is 11.8 Å². The van der Waals surface area contributed by atoms with E-state index >= 15 is 0 Å². The van der Waals surface area contributed by atoms with Crippen molar-refractivity contribution in [1.29, 1.82) is 0 Å². The highest BCUT2D eigenvalue weighted by Crippen LogP contribution is 2.31. The minimum atomic E-state index is -0.551. The Morgan fingerprint density at radius 2 is 1.93 bits per heavy atom. The number of carbonyl (C=O) groups is 3. The van der Waals surface area contributed by atoms with Crippen molar-refractivity contribution in [2.75, 3.05) is 36.2 Å². The maximum atomic E-state index is 12.1. The molecule has 0 saturated heterocycles. The number of esters is 1. The topological polar surface area (TPSA) is 84.9 Å². The van der Waals surface area contributed by atoms with Crippen LogP contribution in [-0.4, -0.2) is 43.8 Å². The number of thioether (sulfide) groups is 1. The van der Waals surface area contributed by atoms with Crippen molar-refractivity contribution in [3.8, 4) is 5.75 Å². The molecule has 2 amide bonds. The van der Waals surface area contributed by atoms with Gasteiger partial charge in [-0.25, -0.2) is 0 Å². The van der Waals surface area contributed by atoms with E-state index in [2.05, 4.69) is 5.32 Å². The first-order valence-corrected chi connectivity index (χ1v) is 9.91. The van der Waals surface area contributed by atoms with Gasteiger partial charge < -0.3 is 19.7 Å². The van der Waals surface area contributed by atoms with Crippen LogP contribution in [0.1, 0.15) is 6.42 Å². The fourth-order valence-corrected chi connectivity index (χ4v) is 3.31. The van der Waals surface area contributed by atoms with Crippen LogP contribution in [0.2, 0.25) is 0 Å². The summed E-state index contributed by atoms with van der Waals surface area (Å²) in [4.78, 5) is 38.5. The van der Waals surface area contributed by atoms with Crippen LogP contribution in [0.25, 0.3) is 0 Å². The lowest BCUT2D eigenvalue weighted by Gasteiger charge is -2.28. The largest absolute Gasteiger partial charge is 0.482 e. The van der Waals surface area contributed by atoms with Gasteiger partial charge in [0.05, 0.1) is 17.8 Å². The Kier molecular flexibility index (Phi) is 6.54. The first-order chi connectivity index (χ1) is 13.6. The van der Waals surface area contributed by atoms with Gasteiger partial charge >= 0.3 is 5.97 Å². The Balaban J connectivity index is 1.48. The lowest BCUT2D eigenvalue weighted by molar-refractivity contribution is -0.147. The normalized spacial score (nSPS) is 12.8. The average molecular weight is 400 g/mol. The molecule has 1 N–H and O–H groups in total. The Bertz CT molecular complexity index is 886. The highest BCUT2D eigenvalue weighted by atomic mass is 32.2. The quantitative estimate of drug-likeness (QED) is 0.568. The highest BCUT2D eigenvalue weighted by molar-refractivity contribution is 7.98. The van der Waals surface area contributed by atoms with E-state index in [1.807, 2.05) is 30.5 Å². The summed E-state index contributed by atoms with van der Waals surface area (Å²) in [6, 6.07) is 14.5. The number of nitrogens with one attached hydrogen (secondary N) is 1. The van der Waals surface area contributed by atoms with E-state index in [0.717, 1.165) is 4.90 Å².